The molecule has 0 aromatic carbocycles. The van der Waals surface area contributed by atoms with Gasteiger partial charge in [-0.3, -0.25) is 0 Å². The summed E-state index contributed by atoms with van der Waals surface area (Å²) in [6.07, 6.45) is 1.57. The predicted molar refractivity (Wildman–Crippen MR) is 66.9 cm³/mol. The number of aliphatic hydroxyl groups excluding tert-OH is 1. The van der Waals surface area contributed by atoms with E-state index in [1.807, 2.05) is 19.1 Å². The normalized spacial score (nSPS) is 18.9. The van der Waals surface area contributed by atoms with E-state index in [4.69, 9.17) is 10.5 Å². The number of nitrogens with two attached hydrogens (primary N) is 1. The molecule has 1 aromatic rings. The molecule has 1 fully saturated rings. The maximum Gasteiger partial charge on any atom is 0.126 e. The van der Waals surface area contributed by atoms with Gasteiger partial charge in [-0.25, -0.2) is 4.98 Å². The Hall–Kier alpha value is -1.33. The molecule has 0 aliphatic carbocycles. The zero-order chi connectivity index (χ0) is 12.3. The number of hydrogen-bond acceptors (Lipinski definition) is 5. The Labute approximate surface area is 101 Å². The van der Waals surface area contributed by atoms with Crippen molar-refractivity contribution in [1.29, 1.82) is 0 Å². The minimum atomic E-state index is -0.312. The van der Waals surface area contributed by atoms with Gasteiger partial charge in [0.2, 0.25) is 0 Å². The summed E-state index contributed by atoms with van der Waals surface area (Å²) >= 11 is 0. The molecule has 2 heterocycles. The second-order valence-corrected chi connectivity index (χ2v) is 4.55. The third-order valence-corrected chi connectivity index (χ3v) is 3.27. The van der Waals surface area contributed by atoms with Gasteiger partial charge < -0.3 is 20.9 Å². The largest absolute Gasteiger partial charge is 0.397 e. The fourth-order valence-electron chi connectivity index (χ4n) is 2.00. The molecular weight excluding hydrogens is 218 g/mol. The highest BCUT2D eigenvalue weighted by Gasteiger charge is 2.32. The van der Waals surface area contributed by atoms with Crippen molar-refractivity contribution in [2.24, 2.45) is 0 Å². The summed E-state index contributed by atoms with van der Waals surface area (Å²) in [6.45, 7) is 3.29. The average Bonchev–Trinajstić information content (AvgIpc) is 2.35. The first kappa shape index (κ1) is 12.1. The lowest BCUT2D eigenvalue weighted by Crippen LogP contribution is -2.47. The van der Waals surface area contributed by atoms with Crippen LogP contribution in [-0.4, -0.2) is 35.5 Å². The Balaban J connectivity index is 2.14. The third-order valence-electron chi connectivity index (χ3n) is 3.27. The lowest BCUT2D eigenvalue weighted by atomic mass is 9.91. The Kier molecular flexibility index (Phi) is 3.49. The highest BCUT2D eigenvalue weighted by molar-refractivity contribution is 5.50. The van der Waals surface area contributed by atoms with Crippen LogP contribution in [0.2, 0.25) is 0 Å². The minimum Gasteiger partial charge on any atom is -0.397 e. The van der Waals surface area contributed by atoms with Crippen molar-refractivity contribution < 1.29 is 9.84 Å². The first-order valence-electron chi connectivity index (χ1n) is 5.85. The van der Waals surface area contributed by atoms with E-state index in [9.17, 15) is 5.11 Å². The Morgan fingerprint density at radius 3 is 2.76 bits per heavy atom. The molecule has 17 heavy (non-hydrogen) atoms. The van der Waals surface area contributed by atoms with Gasteiger partial charge in [-0.05, 0) is 31.9 Å². The van der Waals surface area contributed by atoms with Crippen LogP contribution in [0, 0.1) is 6.92 Å². The minimum absolute atomic E-state index is 0.0848. The van der Waals surface area contributed by atoms with Gasteiger partial charge >= 0.3 is 0 Å². The third kappa shape index (κ3) is 2.68. The molecule has 1 saturated heterocycles. The fraction of sp³-hybridized carbons (Fsp3) is 0.583. The number of hydrogen-bond donors (Lipinski definition) is 3. The highest BCUT2D eigenvalue weighted by Crippen LogP contribution is 2.25. The number of rotatable bonds is 3. The quantitative estimate of drug-likeness (QED) is 0.728. The van der Waals surface area contributed by atoms with E-state index in [1.54, 1.807) is 0 Å². The van der Waals surface area contributed by atoms with Crippen molar-refractivity contribution in [3.8, 4) is 0 Å². The molecular formula is C12H19N3O2. The van der Waals surface area contributed by atoms with Gasteiger partial charge in [0, 0.05) is 13.2 Å². The van der Waals surface area contributed by atoms with E-state index < -0.39 is 0 Å². The first-order valence-corrected chi connectivity index (χ1v) is 5.85. The highest BCUT2D eigenvalue weighted by atomic mass is 16.5. The monoisotopic (exact) mass is 237 g/mol. The number of aliphatic hydroxyl groups is 1. The van der Waals surface area contributed by atoms with Gasteiger partial charge in [-0.1, -0.05) is 0 Å². The summed E-state index contributed by atoms with van der Waals surface area (Å²) in [7, 11) is 0. The van der Waals surface area contributed by atoms with Crippen LogP contribution in [-0.2, 0) is 4.74 Å². The fourth-order valence-corrected chi connectivity index (χ4v) is 2.00. The van der Waals surface area contributed by atoms with E-state index in [2.05, 4.69) is 10.3 Å². The lowest BCUT2D eigenvalue weighted by molar-refractivity contribution is 0.0378. The van der Waals surface area contributed by atoms with Crippen LogP contribution in [0.5, 0.6) is 0 Å². The molecule has 0 saturated carbocycles. The standard InChI is InChI=1S/C12H19N3O2/c1-9-10(13)2-3-11(14-9)15-12(8-16)4-6-17-7-5-12/h2-3,16H,4-8,13H2,1H3,(H,14,15). The smallest absolute Gasteiger partial charge is 0.126 e. The SMILES string of the molecule is Cc1nc(NC2(CO)CCOCC2)ccc1N. The molecule has 0 radical (unpaired) electrons. The van der Waals surface area contributed by atoms with E-state index in [0.29, 0.717) is 18.9 Å². The van der Waals surface area contributed by atoms with Gasteiger partial charge in [0.15, 0.2) is 0 Å². The number of aryl methyl sites for hydroxylation is 1. The number of nitrogens with one attached hydrogen (secondary N) is 1. The van der Waals surface area contributed by atoms with Gasteiger partial charge in [-0.15, -0.1) is 0 Å². The average molecular weight is 237 g/mol. The number of pyridine rings is 1. The van der Waals surface area contributed by atoms with Crippen LogP contribution in [0.25, 0.3) is 0 Å². The summed E-state index contributed by atoms with van der Waals surface area (Å²) in [6, 6.07) is 3.67. The predicted octanol–water partition coefficient (Wildman–Crippen LogP) is 0.926. The molecule has 5 nitrogen and oxygen atoms in total. The molecule has 1 aliphatic heterocycles. The number of anilines is 2. The van der Waals surface area contributed by atoms with Gasteiger partial charge in [0.05, 0.1) is 23.5 Å². The van der Waals surface area contributed by atoms with Gasteiger partial charge in [-0.2, -0.15) is 0 Å². The second-order valence-electron chi connectivity index (χ2n) is 4.55. The number of ether oxygens (including phenoxy) is 1. The lowest BCUT2D eigenvalue weighted by Gasteiger charge is -2.36. The summed E-state index contributed by atoms with van der Waals surface area (Å²) in [5.41, 5.74) is 6.90. The van der Waals surface area contributed by atoms with Crippen LogP contribution in [0.3, 0.4) is 0 Å². The zero-order valence-corrected chi connectivity index (χ0v) is 10.1. The molecule has 5 heteroatoms. The zero-order valence-electron chi connectivity index (χ0n) is 10.1. The molecule has 2 rings (SSSR count). The molecule has 0 amide bonds. The molecule has 1 aromatic heterocycles. The number of nitrogen functional groups attached to an aromatic ring is 1. The maximum absolute atomic E-state index is 9.56. The molecule has 4 N–H and O–H groups in total. The molecule has 94 valence electrons. The van der Waals surface area contributed by atoms with Crippen molar-refractivity contribution in [3.63, 3.8) is 0 Å². The van der Waals surface area contributed by atoms with E-state index in [0.717, 1.165) is 24.4 Å². The summed E-state index contributed by atoms with van der Waals surface area (Å²) in [5.74, 6) is 0.757. The molecule has 0 spiro atoms. The molecule has 0 unspecified atom stereocenters. The van der Waals surface area contributed by atoms with E-state index >= 15 is 0 Å². The van der Waals surface area contributed by atoms with Crippen molar-refractivity contribution >= 4 is 11.5 Å². The van der Waals surface area contributed by atoms with E-state index in [1.165, 1.54) is 0 Å². The van der Waals surface area contributed by atoms with Crippen molar-refractivity contribution in [3.05, 3.63) is 17.8 Å². The van der Waals surface area contributed by atoms with Crippen LogP contribution >= 0.6 is 0 Å². The van der Waals surface area contributed by atoms with Gasteiger partial charge in [0.25, 0.3) is 0 Å². The number of nitrogens with zero attached hydrogens (tertiary/aromatic N) is 1. The summed E-state index contributed by atoms with van der Waals surface area (Å²) in [4.78, 5) is 4.37. The molecule has 0 atom stereocenters. The van der Waals surface area contributed by atoms with Crippen LogP contribution < -0.4 is 11.1 Å². The van der Waals surface area contributed by atoms with Crippen molar-refractivity contribution in [2.45, 2.75) is 25.3 Å². The maximum atomic E-state index is 9.56. The van der Waals surface area contributed by atoms with E-state index in [-0.39, 0.29) is 12.1 Å². The Bertz CT molecular complexity index is 389. The second kappa shape index (κ2) is 4.89. The molecule has 0 bridgehead atoms. The van der Waals surface area contributed by atoms with Crippen LogP contribution in [0.4, 0.5) is 11.5 Å². The first-order chi connectivity index (χ1) is 8.15. The van der Waals surface area contributed by atoms with Crippen molar-refractivity contribution in [2.75, 3.05) is 30.9 Å². The van der Waals surface area contributed by atoms with Gasteiger partial charge in [0.1, 0.15) is 5.82 Å². The van der Waals surface area contributed by atoms with Crippen LogP contribution in [0.15, 0.2) is 12.1 Å². The number of aromatic nitrogens is 1. The summed E-state index contributed by atoms with van der Waals surface area (Å²) < 4.78 is 5.32. The molecule has 1 aliphatic rings. The van der Waals surface area contributed by atoms with Crippen molar-refractivity contribution in [1.82, 2.24) is 4.98 Å². The van der Waals surface area contributed by atoms with Crippen LogP contribution in [0.1, 0.15) is 18.5 Å². The summed E-state index contributed by atoms with van der Waals surface area (Å²) in [5, 5.41) is 12.9. The Morgan fingerprint density at radius 2 is 2.18 bits per heavy atom. The topological polar surface area (TPSA) is 80.4 Å². The Morgan fingerprint density at radius 1 is 1.47 bits per heavy atom.